The molecule has 156 valence electrons. The van der Waals surface area contributed by atoms with Gasteiger partial charge in [-0.15, -0.1) is 0 Å². The SMILES string of the molecule is CCNC(=O)[C@H](CC)N(Cc1ccc(Cl)cc1)C(=O)COc1ccc(C)c(C)c1. The number of carbonyl (C=O) groups is 2. The number of rotatable bonds is 9. The normalized spacial score (nSPS) is 11.6. The maximum Gasteiger partial charge on any atom is 0.261 e. The van der Waals surface area contributed by atoms with Gasteiger partial charge < -0.3 is 15.0 Å². The number of hydrogen-bond donors (Lipinski definition) is 1. The molecule has 2 amide bonds. The molecule has 0 radical (unpaired) electrons. The Hall–Kier alpha value is -2.53. The summed E-state index contributed by atoms with van der Waals surface area (Å²) in [6, 6.07) is 12.4. The van der Waals surface area contributed by atoms with Crippen molar-refractivity contribution in [3.05, 3.63) is 64.2 Å². The van der Waals surface area contributed by atoms with Gasteiger partial charge in [0.25, 0.3) is 5.91 Å². The number of benzene rings is 2. The highest BCUT2D eigenvalue weighted by Crippen LogP contribution is 2.18. The first kappa shape index (κ1) is 22.8. The van der Waals surface area contributed by atoms with Gasteiger partial charge in [-0.3, -0.25) is 9.59 Å². The van der Waals surface area contributed by atoms with E-state index in [-0.39, 0.29) is 18.4 Å². The smallest absolute Gasteiger partial charge is 0.261 e. The summed E-state index contributed by atoms with van der Waals surface area (Å²) in [5.41, 5.74) is 3.16. The van der Waals surface area contributed by atoms with Crippen molar-refractivity contribution in [2.24, 2.45) is 0 Å². The Balaban J connectivity index is 2.19. The molecule has 2 aromatic carbocycles. The van der Waals surface area contributed by atoms with Crippen LogP contribution in [-0.4, -0.2) is 35.9 Å². The number of aryl methyl sites for hydroxylation is 2. The number of likely N-dealkylation sites (N-methyl/N-ethyl adjacent to an activating group) is 1. The second-order valence-corrected chi connectivity index (χ2v) is 7.44. The van der Waals surface area contributed by atoms with E-state index >= 15 is 0 Å². The second kappa shape index (κ2) is 10.9. The van der Waals surface area contributed by atoms with Crippen molar-refractivity contribution in [2.45, 2.75) is 46.7 Å². The summed E-state index contributed by atoms with van der Waals surface area (Å²) in [6.45, 7) is 8.46. The zero-order valence-electron chi connectivity index (χ0n) is 17.5. The summed E-state index contributed by atoms with van der Waals surface area (Å²) < 4.78 is 5.73. The molecule has 0 aromatic heterocycles. The molecule has 0 bridgehead atoms. The van der Waals surface area contributed by atoms with E-state index < -0.39 is 6.04 Å². The van der Waals surface area contributed by atoms with Crippen LogP contribution < -0.4 is 10.1 Å². The van der Waals surface area contributed by atoms with Crippen LogP contribution in [0.2, 0.25) is 5.02 Å². The lowest BCUT2D eigenvalue weighted by Gasteiger charge is -2.30. The molecule has 0 fully saturated rings. The van der Waals surface area contributed by atoms with Crippen LogP contribution in [0.4, 0.5) is 0 Å². The van der Waals surface area contributed by atoms with Crippen LogP contribution >= 0.6 is 11.6 Å². The second-order valence-electron chi connectivity index (χ2n) is 7.00. The van der Waals surface area contributed by atoms with Crippen molar-refractivity contribution in [1.29, 1.82) is 0 Å². The highest BCUT2D eigenvalue weighted by Gasteiger charge is 2.28. The molecule has 1 N–H and O–H groups in total. The van der Waals surface area contributed by atoms with Gasteiger partial charge in [0, 0.05) is 18.1 Å². The van der Waals surface area contributed by atoms with Gasteiger partial charge >= 0.3 is 0 Å². The highest BCUT2D eigenvalue weighted by atomic mass is 35.5. The zero-order chi connectivity index (χ0) is 21.4. The fourth-order valence-electron chi connectivity index (χ4n) is 3.03. The largest absolute Gasteiger partial charge is 0.484 e. The third kappa shape index (κ3) is 6.50. The van der Waals surface area contributed by atoms with Gasteiger partial charge in [0.05, 0.1) is 0 Å². The van der Waals surface area contributed by atoms with E-state index in [2.05, 4.69) is 5.32 Å². The number of nitrogens with zero attached hydrogens (tertiary/aromatic N) is 1. The van der Waals surface area contributed by atoms with Crippen molar-refractivity contribution in [3.63, 3.8) is 0 Å². The van der Waals surface area contributed by atoms with Crippen LogP contribution in [0.5, 0.6) is 5.75 Å². The maximum absolute atomic E-state index is 13.0. The number of ether oxygens (including phenoxy) is 1. The van der Waals surface area contributed by atoms with E-state index in [1.165, 1.54) is 0 Å². The molecule has 5 nitrogen and oxygen atoms in total. The van der Waals surface area contributed by atoms with E-state index in [1.54, 1.807) is 17.0 Å². The first-order chi connectivity index (χ1) is 13.8. The molecule has 0 saturated carbocycles. The molecule has 1 atom stereocenters. The molecule has 0 saturated heterocycles. The van der Waals surface area contributed by atoms with Crippen molar-refractivity contribution < 1.29 is 14.3 Å². The average Bonchev–Trinajstić information content (AvgIpc) is 2.70. The van der Waals surface area contributed by atoms with Crippen LogP contribution in [0.3, 0.4) is 0 Å². The van der Waals surface area contributed by atoms with Crippen molar-refractivity contribution in [3.8, 4) is 5.75 Å². The Bertz CT molecular complexity index is 837. The maximum atomic E-state index is 13.0. The average molecular weight is 417 g/mol. The van der Waals surface area contributed by atoms with E-state index in [4.69, 9.17) is 16.3 Å². The lowest BCUT2D eigenvalue weighted by atomic mass is 10.1. The molecule has 29 heavy (non-hydrogen) atoms. The third-order valence-corrected chi connectivity index (χ3v) is 5.10. The molecular weight excluding hydrogens is 388 g/mol. The molecule has 0 spiro atoms. The van der Waals surface area contributed by atoms with E-state index in [9.17, 15) is 9.59 Å². The monoisotopic (exact) mass is 416 g/mol. The lowest BCUT2D eigenvalue weighted by molar-refractivity contribution is -0.142. The summed E-state index contributed by atoms with van der Waals surface area (Å²) in [5.74, 6) is 0.235. The Labute approximate surface area is 178 Å². The molecule has 0 aliphatic rings. The van der Waals surface area contributed by atoms with Crippen LogP contribution in [0.15, 0.2) is 42.5 Å². The van der Waals surface area contributed by atoms with Gasteiger partial charge in [0.2, 0.25) is 5.91 Å². The number of hydrogen-bond acceptors (Lipinski definition) is 3. The van der Waals surface area contributed by atoms with E-state index in [0.717, 1.165) is 16.7 Å². The Kier molecular flexibility index (Phi) is 8.52. The molecule has 2 rings (SSSR count). The first-order valence-electron chi connectivity index (χ1n) is 9.87. The minimum atomic E-state index is -0.568. The predicted molar refractivity (Wildman–Crippen MR) is 116 cm³/mol. The van der Waals surface area contributed by atoms with E-state index in [0.29, 0.717) is 30.3 Å². The molecule has 0 aliphatic carbocycles. The summed E-state index contributed by atoms with van der Waals surface area (Å²) >= 11 is 5.97. The van der Waals surface area contributed by atoms with Gasteiger partial charge in [0.1, 0.15) is 11.8 Å². The van der Waals surface area contributed by atoms with Gasteiger partial charge in [-0.1, -0.05) is 36.7 Å². The Morgan fingerprint density at radius 1 is 1.07 bits per heavy atom. The van der Waals surface area contributed by atoms with Gasteiger partial charge in [-0.25, -0.2) is 0 Å². The number of nitrogens with one attached hydrogen (secondary N) is 1. The number of halogens is 1. The number of amides is 2. The van der Waals surface area contributed by atoms with Crippen molar-refractivity contribution >= 4 is 23.4 Å². The minimum Gasteiger partial charge on any atom is -0.484 e. The Morgan fingerprint density at radius 3 is 2.34 bits per heavy atom. The van der Waals surface area contributed by atoms with E-state index in [1.807, 2.05) is 58.0 Å². The highest BCUT2D eigenvalue weighted by molar-refractivity contribution is 6.30. The summed E-state index contributed by atoms with van der Waals surface area (Å²) in [6.07, 6.45) is 0.509. The van der Waals surface area contributed by atoms with Gasteiger partial charge in [-0.05, 0) is 68.1 Å². The molecular formula is C23H29ClN2O3. The Morgan fingerprint density at radius 2 is 1.76 bits per heavy atom. The van der Waals surface area contributed by atoms with Crippen LogP contribution in [0.25, 0.3) is 0 Å². The minimum absolute atomic E-state index is 0.133. The first-order valence-corrected chi connectivity index (χ1v) is 10.2. The van der Waals surface area contributed by atoms with Crippen LogP contribution in [0.1, 0.15) is 37.0 Å². The summed E-state index contributed by atoms with van der Waals surface area (Å²) in [5, 5.41) is 3.44. The van der Waals surface area contributed by atoms with Gasteiger partial charge in [-0.2, -0.15) is 0 Å². The molecule has 2 aromatic rings. The fourth-order valence-corrected chi connectivity index (χ4v) is 3.16. The molecule has 0 heterocycles. The van der Waals surface area contributed by atoms with Crippen LogP contribution in [-0.2, 0) is 16.1 Å². The summed E-state index contributed by atoms with van der Waals surface area (Å²) in [7, 11) is 0. The predicted octanol–water partition coefficient (Wildman–Crippen LogP) is 4.28. The topological polar surface area (TPSA) is 58.6 Å². The van der Waals surface area contributed by atoms with Crippen molar-refractivity contribution in [1.82, 2.24) is 10.2 Å². The lowest BCUT2D eigenvalue weighted by Crippen LogP contribution is -2.50. The fraction of sp³-hybridized carbons (Fsp3) is 0.391. The molecule has 6 heteroatoms. The van der Waals surface area contributed by atoms with Crippen LogP contribution in [0, 0.1) is 13.8 Å². The summed E-state index contributed by atoms with van der Waals surface area (Å²) in [4.78, 5) is 27.2. The quantitative estimate of drug-likeness (QED) is 0.663. The van der Waals surface area contributed by atoms with Crippen molar-refractivity contribution in [2.75, 3.05) is 13.2 Å². The zero-order valence-corrected chi connectivity index (χ0v) is 18.3. The van der Waals surface area contributed by atoms with Gasteiger partial charge in [0.15, 0.2) is 6.61 Å². The number of carbonyl (C=O) groups excluding carboxylic acids is 2. The molecule has 0 unspecified atom stereocenters. The standard InChI is InChI=1S/C23H29ClN2O3/c1-5-21(23(28)25-6-2)26(14-18-8-10-19(24)11-9-18)22(27)15-29-20-12-7-16(3)17(4)13-20/h7-13,21H,5-6,14-15H2,1-4H3,(H,25,28)/t21-/m0/s1. The molecule has 0 aliphatic heterocycles. The third-order valence-electron chi connectivity index (χ3n) is 4.84.